The van der Waals surface area contributed by atoms with E-state index in [1.54, 1.807) is 22.6 Å². The number of hydrogen-bond acceptors (Lipinski definition) is 7. The standard InChI is InChI=1S/C20H22N6O2S2/c1-2-30(27,28)25-11-6-10-24(12-13-25)20-21-16-8-4-3-7-15(16)18-22-23-19(26(18)20)17-9-5-14-29-17/h3-5,7-9,14H,2,6,10-13H2,1H3. The molecule has 0 N–H and O–H groups in total. The average Bonchev–Trinajstić information content (AvgIpc) is 3.37. The lowest BCUT2D eigenvalue weighted by Crippen LogP contribution is -2.36. The van der Waals surface area contributed by atoms with E-state index < -0.39 is 10.0 Å². The first-order valence-corrected chi connectivity index (χ1v) is 12.5. The number of nitrogens with zero attached hydrogens (tertiary/aromatic N) is 6. The van der Waals surface area contributed by atoms with Crippen molar-refractivity contribution < 1.29 is 8.42 Å². The second-order valence-electron chi connectivity index (χ2n) is 7.23. The second kappa shape index (κ2) is 7.60. The van der Waals surface area contributed by atoms with Gasteiger partial charge in [0.1, 0.15) is 0 Å². The van der Waals surface area contributed by atoms with Crippen molar-refractivity contribution in [2.24, 2.45) is 0 Å². The van der Waals surface area contributed by atoms with Crippen LogP contribution >= 0.6 is 11.3 Å². The molecule has 0 saturated carbocycles. The van der Waals surface area contributed by atoms with Crippen molar-refractivity contribution in [3.63, 3.8) is 0 Å². The van der Waals surface area contributed by atoms with Crippen molar-refractivity contribution in [3.8, 4) is 10.7 Å². The molecule has 10 heteroatoms. The minimum absolute atomic E-state index is 0.124. The molecule has 0 spiro atoms. The average molecular weight is 443 g/mol. The smallest absolute Gasteiger partial charge is 0.213 e. The first kappa shape index (κ1) is 19.4. The Morgan fingerprint density at radius 1 is 1.03 bits per heavy atom. The van der Waals surface area contributed by atoms with Gasteiger partial charge in [-0.05, 0) is 36.9 Å². The quantitative estimate of drug-likeness (QED) is 0.483. The molecule has 1 aromatic carbocycles. The Morgan fingerprint density at radius 2 is 1.90 bits per heavy atom. The Kier molecular flexibility index (Phi) is 4.92. The molecule has 8 nitrogen and oxygen atoms in total. The topological polar surface area (TPSA) is 83.7 Å². The normalized spacial score (nSPS) is 16.4. The van der Waals surface area contributed by atoms with E-state index in [-0.39, 0.29) is 5.75 Å². The largest absolute Gasteiger partial charge is 0.340 e. The van der Waals surface area contributed by atoms with Crippen LogP contribution in [0.1, 0.15) is 13.3 Å². The number of hydrogen-bond donors (Lipinski definition) is 0. The number of para-hydroxylation sites is 1. The maximum absolute atomic E-state index is 12.4. The summed E-state index contributed by atoms with van der Waals surface area (Å²) in [6, 6.07) is 11.9. The molecular weight excluding hydrogens is 420 g/mol. The summed E-state index contributed by atoms with van der Waals surface area (Å²) in [5.41, 5.74) is 1.62. The fourth-order valence-corrected chi connectivity index (χ4v) is 5.73. The third-order valence-corrected chi connectivity index (χ3v) is 8.21. The van der Waals surface area contributed by atoms with Crippen molar-refractivity contribution in [2.45, 2.75) is 13.3 Å². The zero-order valence-electron chi connectivity index (χ0n) is 16.6. The molecule has 4 aromatic rings. The number of fused-ring (bicyclic) bond motifs is 3. The minimum Gasteiger partial charge on any atom is -0.340 e. The van der Waals surface area contributed by atoms with Crippen LogP contribution in [0.4, 0.5) is 5.95 Å². The lowest BCUT2D eigenvalue weighted by atomic mass is 10.2. The summed E-state index contributed by atoms with van der Waals surface area (Å²) < 4.78 is 28.4. The maximum Gasteiger partial charge on any atom is 0.213 e. The van der Waals surface area contributed by atoms with Gasteiger partial charge in [-0.1, -0.05) is 18.2 Å². The van der Waals surface area contributed by atoms with Gasteiger partial charge in [0.05, 0.1) is 16.1 Å². The van der Waals surface area contributed by atoms with Gasteiger partial charge in [-0.25, -0.2) is 22.1 Å². The number of aromatic nitrogens is 4. The van der Waals surface area contributed by atoms with E-state index in [1.807, 2.05) is 46.2 Å². The third-order valence-electron chi connectivity index (χ3n) is 5.47. The predicted octanol–water partition coefficient (Wildman–Crippen LogP) is 2.87. The van der Waals surface area contributed by atoms with E-state index in [0.29, 0.717) is 19.6 Å². The van der Waals surface area contributed by atoms with Crippen LogP contribution in [0.15, 0.2) is 41.8 Å². The number of rotatable bonds is 4. The lowest BCUT2D eigenvalue weighted by Gasteiger charge is -2.24. The summed E-state index contributed by atoms with van der Waals surface area (Å²) >= 11 is 1.61. The summed E-state index contributed by atoms with van der Waals surface area (Å²) in [7, 11) is -3.20. The summed E-state index contributed by atoms with van der Waals surface area (Å²) in [6.45, 7) is 3.96. The SMILES string of the molecule is CCS(=O)(=O)N1CCCN(c2nc3ccccc3c3nnc(-c4cccs4)n23)CC1. The van der Waals surface area contributed by atoms with Crippen LogP contribution < -0.4 is 4.90 Å². The summed E-state index contributed by atoms with van der Waals surface area (Å²) in [5.74, 6) is 1.64. The maximum atomic E-state index is 12.4. The Balaban J connectivity index is 1.65. The van der Waals surface area contributed by atoms with Gasteiger partial charge in [0.2, 0.25) is 16.0 Å². The van der Waals surface area contributed by atoms with E-state index in [9.17, 15) is 8.42 Å². The van der Waals surface area contributed by atoms with Crippen molar-refractivity contribution in [1.82, 2.24) is 23.9 Å². The Hall–Kier alpha value is -2.56. The van der Waals surface area contributed by atoms with Crippen LogP contribution in [-0.2, 0) is 10.0 Å². The van der Waals surface area contributed by atoms with E-state index >= 15 is 0 Å². The monoisotopic (exact) mass is 442 g/mol. The fourth-order valence-electron chi connectivity index (χ4n) is 3.90. The minimum atomic E-state index is -3.20. The number of thiophene rings is 1. The molecule has 0 bridgehead atoms. The van der Waals surface area contributed by atoms with Gasteiger partial charge in [-0.15, -0.1) is 21.5 Å². The van der Waals surface area contributed by atoms with Crippen LogP contribution in [0.5, 0.6) is 0 Å². The van der Waals surface area contributed by atoms with Gasteiger partial charge in [-0.2, -0.15) is 0 Å². The van der Waals surface area contributed by atoms with Gasteiger partial charge < -0.3 is 4.90 Å². The number of anilines is 1. The van der Waals surface area contributed by atoms with Crippen LogP contribution in [0.2, 0.25) is 0 Å². The Morgan fingerprint density at radius 3 is 2.70 bits per heavy atom. The van der Waals surface area contributed by atoms with E-state index in [1.165, 1.54) is 0 Å². The zero-order chi connectivity index (χ0) is 20.7. The Bertz CT molecular complexity index is 1300. The molecule has 5 rings (SSSR count). The highest BCUT2D eigenvalue weighted by Crippen LogP contribution is 2.30. The van der Waals surface area contributed by atoms with Crippen LogP contribution in [-0.4, -0.2) is 64.2 Å². The molecule has 1 fully saturated rings. The van der Waals surface area contributed by atoms with Crippen molar-refractivity contribution in [1.29, 1.82) is 0 Å². The van der Waals surface area contributed by atoms with E-state index in [0.717, 1.165) is 46.2 Å². The molecular formula is C20H22N6O2S2. The molecule has 0 atom stereocenters. The summed E-state index contributed by atoms with van der Waals surface area (Å²) in [4.78, 5) is 8.14. The first-order chi connectivity index (χ1) is 14.6. The number of sulfonamides is 1. The first-order valence-electron chi connectivity index (χ1n) is 9.99. The molecule has 1 aliphatic heterocycles. The molecule has 0 radical (unpaired) electrons. The molecule has 0 unspecified atom stereocenters. The van der Waals surface area contributed by atoms with Crippen molar-refractivity contribution in [2.75, 3.05) is 36.8 Å². The molecule has 0 amide bonds. The van der Waals surface area contributed by atoms with E-state index in [4.69, 9.17) is 4.98 Å². The molecule has 1 aliphatic rings. The highest BCUT2D eigenvalue weighted by molar-refractivity contribution is 7.89. The lowest BCUT2D eigenvalue weighted by molar-refractivity contribution is 0.434. The van der Waals surface area contributed by atoms with Gasteiger partial charge >= 0.3 is 0 Å². The molecule has 3 aromatic heterocycles. The third kappa shape index (κ3) is 3.24. The van der Waals surface area contributed by atoms with E-state index in [2.05, 4.69) is 15.1 Å². The molecule has 1 saturated heterocycles. The molecule has 30 heavy (non-hydrogen) atoms. The second-order valence-corrected chi connectivity index (χ2v) is 10.4. The highest BCUT2D eigenvalue weighted by atomic mass is 32.2. The molecule has 0 aliphatic carbocycles. The Labute approximate surface area is 178 Å². The van der Waals surface area contributed by atoms with Crippen LogP contribution in [0, 0.1) is 0 Å². The van der Waals surface area contributed by atoms with Crippen molar-refractivity contribution in [3.05, 3.63) is 41.8 Å². The predicted molar refractivity (Wildman–Crippen MR) is 119 cm³/mol. The van der Waals surface area contributed by atoms with Gasteiger partial charge in [0, 0.05) is 31.6 Å². The molecule has 156 valence electrons. The van der Waals surface area contributed by atoms with Gasteiger partial charge in [0.25, 0.3) is 0 Å². The van der Waals surface area contributed by atoms with Crippen molar-refractivity contribution >= 4 is 43.9 Å². The van der Waals surface area contributed by atoms with Gasteiger partial charge in [0.15, 0.2) is 11.5 Å². The van der Waals surface area contributed by atoms with Crippen LogP contribution in [0.25, 0.3) is 27.3 Å². The summed E-state index contributed by atoms with van der Waals surface area (Å²) in [5, 5.41) is 11.9. The fraction of sp³-hybridized carbons (Fsp3) is 0.350. The van der Waals surface area contributed by atoms with Crippen LogP contribution in [0.3, 0.4) is 0 Å². The molecule has 4 heterocycles. The zero-order valence-corrected chi connectivity index (χ0v) is 18.2. The van der Waals surface area contributed by atoms with Gasteiger partial charge in [-0.3, -0.25) is 0 Å². The summed E-state index contributed by atoms with van der Waals surface area (Å²) in [6.07, 6.45) is 0.742. The highest BCUT2D eigenvalue weighted by Gasteiger charge is 2.26. The number of benzene rings is 1.